The number of amides is 1. The van der Waals surface area contributed by atoms with Crippen molar-refractivity contribution in [2.45, 2.75) is 26.3 Å². The Kier molecular flexibility index (Phi) is 3.84. The van der Waals surface area contributed by atoms with E-state index in [9.17, 15) is 9.18 Å². The first-order chi connectivity index (χ1) is 10.6. The minimum atomic E-state index is -0.667. The molecule has 0 saturated carbocycles. The Labute approximate surface area is 130 Å². The van der Waals surface area contributed by atoms with Crippen LogP contribution >= 0.6 is 11.5 Å². The van der Waals surface area contributed by atoms with Crippen LogP contribution in [0.1, 0.15) is 40.8 Å². The van der Waals surface area contributed by atoms with Crippen LogP contribution in [0.15, 0.2) is 24.4 Å². The summed E-state index contributed by atoms with van der Waals surface area (Å²) in [5, 5.41) is 6.72. The van der Waals surface area contributed by atoms with Gasteiger partial charge in [-0.25, -0.2) is 4.98 Å². The number of pyridine rings is 1. The summed E-state index contributed by atoms with van der Waals surface area (Å²) >= 11 is 1.23. The van der Waals surface area contributed by atoms with Crippen molar-refractivity contribution < 1.29 is 9.18 Å². The lowest BCUT2D eigenvalue weighted by Gasteiger charge is -2.05. The zero-order chi connectivity index (χ0) is 15.7. The monoisotopic (exact) mass is 319 g/mol. The summed E-state index contributed by atoms with van der Waals surface area (Å²) in [4.78, 5) is 17.0. The topological polar surface area (TPSA) is 72.2 Å². The molecule has 1 amide bonds. The lowest BCUT2D eigenvalue weighted by molar-refractivity contribution is 0.0942. The Morgan fingerprint density at radius 1 is 1.45 bits per heavy atom. The summed E-state index contributed by atoms with van der Waals surface area (Å²) in [5.41, 5.74) is 1.03. The molecule has 0 aliphatic carbocycles. The number of rotatable bonds is 4. The molecule has 0 bridgehead atoms. The summed E-state index contributed by atoms with van der Waals surface area (Å²) < 4.78 is 19.3. The van der Waals surface area contributed by atoms with Gasteiger partial charge in [-0.2, -0.15) is 4.39 Å². The molecule has 8 heteroatoms. The van der Waals surface area contributed by atoms with Gasteiger partial charge in [0.15, 0.2) is 5.69 Å². The van der Waals surface area contributed by atoms with E-state index in [1.807, 2.05) is 13.8 Å². The van der Waals surface area contributed by atoms with E-state index in [0.29, 0.717) is 5.65 Å². The van der Waals surface area contributed by atoms with Crippen LogP contribution in [0.25, 0.3) is 5.65 Å². The molecular formula is C14H14FN5OS. The molecule has 0 saturated heterocycles. The molecule has 0 unspecified atom stereocenters. The predicted molar refractivity (Wildman–Crippen MR) is 80.3 cm³/mol. The molecule has 6 nitrogen and oxygen atoms in total. The molecule has 0 aromatic carbocycles. The van der Waals surface area contributed by atoms with Gasteiger partial charge < -0.3 is 5.32 Å². The van der Waals surface area contributed by atoms with Gasteiger partial charge in [-0.05, 0) is 29.6 Å². The number of hydrogen-bond acceptors (Lipinski definition) is 5. The maximum absolute atomic E-state index is 14.2. The molecule has 3 aromatic heterocycles. The average molecular weight is 319 g/mol. The summed E-state index contributed by atoms with van der Waals surface area (Å²) in [5.74, 6) is -0.999. The quantitative estimate of drug-likeness (QED) is 0.801. The van der Waals surface area contributed by atoms with Crippen LogP contribution in [0.3, 0.4) is 0 Å². The third-order valence-corrected chi connectivity index (χ3v) is 3.97. The standard InChI is InChI=1S/C14H14FN5OS/c1-8(2)11-9(22-19-18-11)7-16-14(21)12-13(15)20-6-4-3-5-10(20)17-12/h3-6,8H,7H2,1-2H3,(H,16,21). The van der Waals surface area contributed by atoms with E-state index in [2.05, 4.69) is 19.9 Å². The Morgan fingerprint density at radius 3 is 3.00 bits per heavy atom. The highest BCUT2D eigenvalue weighted by Crippen LogP contribution is 2.19. The number of carbonyl (C=O) groups is 1. The number of hydrogen-bond donors (Lipinski definition) is 1. The van der Waals surface area contributed by atoms with Gasteiger partial charge in [0.05, 0.1) is 17.1 Å². The SMILES string of the molecule is CC(C)c1nnsc1CNC(=O)c1nc2ccccn2c1F. The van der Waals surface area contributed by atoms with Crippen LogP contribution in [-0.2, 0) is 6.54 Å². The zero-order valence-electron chi connectivity index (χ0n) is 12.1. The average Bonchev–Trinajstić information content (AvgIpc) is 3.10. The number of imidazole rings is 1. The number of nitrogens with zero attached hydrogens (tertiary/aromatic N) is 4. The second-order valence-corrected chi connectivity index (χ2v) is 5.94. The number of fused-ring (bicyclic) bond motifs is 1. The lowest BCUT2D eigenvalue weighted by atomic mass is 10.1. The highest BCUT2D eigenvalue weighted by Gasteiger charge is 2.20. The largest absolute Gasteiger partial charge is 0.346 e. The normalized spacial score (nSPS) is 11.3. The maximum atomic E-state index is 14.2. The first kappa shape index (κ1) is 14.6. The zero-order valence-corrected chi connectivity index (χ0v) is 12.9. The Hall–Kier alpha value is -2.35. The fourth-order valence-corrected chi connectivity index (χ4v) is 2.87. The first-order valence-electron chi connectivity index (χ1n) is 6.80. The summed E-state index contributed by atoms with van der Waals surface area (Å²) in [6.45, 7) is 4.27. The van der Waals surface area contributed by atoms with E-state index in [1.54, 1.807) is 18.2 Å². The van der Waals surface area contributed by atoms with E-state index >= 15 is 0 Å². The van der Waals surface area contributed by atoms with Crippen LogP contribution in [0, 0.1) is 5.95 Å². The molecule has 3 heterocycles. The minimum absolute atomic E-state index is 0.213. The Morgan fingerprint density at radius 2 is 2.27 bits per heavy atom. The van der Waals surface area contributed by atoms with Crippen molar-refractivity contribution in [3.63, 3.8) is 0 Å². The molecule has 3 aromatic rings. The van der Waals surface area contributed by atoms with Gasteiger partial charge >= 0.3 is 0 Å². The van der Waals surface area contributed by atoms with Crippen LogP contribution < -0.4 is 5.32 Å². The molecular weight excluding hydrogens is 305 g/mol. The van der Waals surface area contributed by atoms with Gasteiger partial charge in [-0.3, -0.25) is 9.20 Å². The second kappa shape index (κ2) is 5.80. The third-order valence-electron chi connectivity index (χ3n) is 3.23. The summed E-state index contributed by atoms with van der Waals surface area (Å²) in [6.07, 6.45) is 1.53. The van der Waals surface area contributed by atoms with E-state index in [1.165, 1.54) is 22.1 Å². The molecule has 0 fully saturated rings. The second-order valence-electron chi connectivity index (χ2n) is 5.10. The fourth-order valence-electron chi connectivity index (χ4n) is 2.13. The van der Waals surface area contributed by atoms with Crippen molar-refractivity contribution in [1.82, 2.24) is 24.3 Å². The molecule has 0 aliphatic rings. The highest BCUT2D eigenvalue weighted by molar-refractivity contribution is 7.05. The third kappa shape index (κ3) is 2.57. The van der Waals surface area contributed by atoms with E-state index in [0.717, 1.165) is 10.6 Å². The number of halogens is 1. The van der Waals surface area contributed by atoms with E-state index in [-0.39, 0.29) is 18.2 Å². The van der Waals surface area contributed by atoms with Gasteiger partial charge in [-0.15, -0.1) is 5.10 Å². The first-order valence-corrected chi connectivity index (χ1v) is 7.57. The van der Waals surface area contributed by atoms with Crippen molar-refractivity contribution in [3.05, 3.63) is 46.6 Å². The molecule has 3 rings (SSSR count). The fraction of sp³-hybridized carbons (Fsp3) is 0.286. The molecule has 0 atom stereocenters. The van der Waals surface area contributed by atoms with Gasteiger partial charge in [0, 0.05) is 6.20 Å². The predicted octanol–water partition coefficient (Wildman–Crippen LogP) is 2.38. The van der Waals surface area contributed by atoms with Gasteiger partial charge in [-0.1, -0.05) is 24.4 Å². The summed E-state index contributed by atoms with van der Waals surface area (Å²) in [6, 6.07) is 5.06. The smallest absolute Gasteiger partial charge is 0.274 e. The van der Waals surface area contributed by atoms with Crippen molar-refractivity contribution in [2.75, 3.05) is 0 Å². The van der Waals surface area contributed by atoms with Crippen molar-refractivity contribution in [2.24, 2.45) is 0 Å². The highest BCUT2D eigenvalue weighted by atomic mass is 32.1. The molecule has 0 radical (unpaired) electrons. The molecule has 0 aliphatic heterocycles. The van der Waals surface area contributed by atoms with Crippen LogP contribution in [-0.4, -0.2) is 24.9 Å². The van der Waals surface area contributed by atoms with E-state index < -0.39 is 11.9 Å². The molecule has 0 spiro atoms. The lowest BCUT2D eigenvalue weighted by Crippen LogP contribution is -2.24. The van der Waals surface area contributed by atoms with Crippen LogP contribution in [0.4, 0.5) is 4.39 Å². The van der Waals surface area contributed by atoms with Gasteiger partial charge in [0.1, 0.15) is 5.65 Å². The van der Waals surface area contributed by atoms with Gasteiger partial charge in [0.2, 0.25) is 5.95 Å². The summed E-state index contributed by atoms with van der Waals surface area (Å²) in [7, 11) is 0. The molecule has 114 valence electrons. The van der Waals surface area contributed by atoms with Crippen molar-refractivity contribution >= 4 is 23.1 Å². The minimum Gasteiger partial charge on any atom is -0.346 e. The van der Waals surface area contributed by atoms with Crippen molar-refractivity contribution in [1.29, 1.82) is 0 Å². The molecule has 22 heavy (non-hydrogen) atoms. The van der Waals surface area contributed by atoms with Gasteiger partial charge in [0.25, 0.3) is 5.91 Å². The van der Waals surface area contributed by atoms with Crippen LogP contribution in [0.5, 0.6) is 0 Å². The van der Waals surface area contributed by atoms with Crippen LogP contribution in [0.2, 0.25) is 0 Å². The Balaban J connectivity index is 1.79. The van der Waals surface area contributed by atoms with Crippen molar-refractivity contribution in [3.8, 4) is 0 Å². The van der Waals surface area contributed by atoms with E-state index in [4.69, 9.17) is 0 Å². The number of nitrogens with one attached hydrogen (secondary N) is 1. The number of aromatic nitrogens is 4. The maximum Gasteiger partial charge on any atom is 0.274 e. The Bertz CT molecular complexity index is 826. The number of carbonyl (C=O) groups excluding carboxylic acids is 1. The molecule has 1 N–H and O–H groups in total.